The lowest BCUT2D eigenvalue weighted by atomic mass is 10.1. The summed E-state index contributed by atoms with van der Waals surface area (Å²) in [7, 11) is -4.31. The monoisotopic (exact) mass is 281 g/mol. The molecule has 0 unspecified atom stereocenters. The molecule has 0 atom stereocenters. The van der Waals surface area contributed by atoms with Gasteiger partial charge >= 0.3 is 0 Å². The van der Waals surface area contributed by atoms with Crippen molar-refractivity contribution in [1.82, 2.24) is 0 Å². The number of nitrogens with one attached hydrogen (secondary N) is 1. The molecule has 19 heavy (non-hydrogen) atoms. The Morgan fingerprint density at radius 3 is 2.47 bits per heavy atom. The first-order chi connectivity index (χ1) is 8.77. The van der Waals surface area contributed by atoms with E-state index in [1.54, 1.807) is 0 Å². The molecule has 0 aromatic heterocycles. The van der Waals surface area contributed by atoms with E-state index in [0.717, 1.165) is 0 Å². The third-order valence-electron chi connectivity index (χ3n) is 2.52. The Labute approximate surface area is 109 Å². The molecule has 0 bridgehead atoms. The van der Waals surface area contributed by atoms with Crippen LogP contribution in [0.4, 0.5) is 5.69 Å². The average Bonchev–Trinajstić information content (AvgIpc) is 2.26. The van der Waals surface area contributed by atoms with Crippen LogP contribution in [-0.4, -0.2) is 24.0 Å². The molecule has 0 aliphatic rings. The highest BCUT2D eigenvalue weighted by Gasteiger charge is 2.12. The number of carbonyl (C=O) groups excluding carboxylic acids is 1. The van der Waals surface area contributed by atoms with Gasteiger partial charge in [-0.15, -0.1) is 0 Å². The van der Waals surface area contributed by atoms with Gasteiger partial charge in [-0.05, 0) is 29.7 Å². The smallest absolute Gasteiger partial charge is 0.294 e. The van der Waals surface area contributed by atoms with Gasteiger partial charge in [-0.3, -0.25) is 9.35 Å². The van der Waals surface area contributed by atoms with E-state index in [1.165, 1.54) is 37.3 Å². The zero-order valence-corrected chi connectivity index (χ0v) is 10.7. The van der Waals surface area contributed by atoms with Crippen LogP contribution in [0.3, 0.4) is 0 Å². The van der Waals surface area contributed by atoms with Gasteiger partial charge in [0.15, 0.2) is 0 Å². The van der Waals surface area contributed by atoms with Gasteiger partial charge in [0.05, 0.1) is 4.90 Å². The molecule has 100 valence electrons. The Morgan fingerprint density at radius 2 is 1.89 bits per heavy atom. The van der Waals surface area contributed by atoms with Crippen molar-refractivity contribution in [3.05, 3.63) is 30.3 Å². The largest absolute Gasteiger partial charge is 0.507 e. The van der Waals surface area contributed by atoms with Crippen molar-refractivity contribution >= 4 is 32.5 Å². The maximum atomic E-state index is 11.0. The molecule has 0 saturated heterocycles. The number of anilines is 1. The molecule has 1 amide bonds. The Morgan fingerprint density at radius 1 is 1.21 bits per heavy atom. The van der Waals surface area contributed by atoms with Gasteiger partial charge in [0.1, 0.15) is 5.75 Å². The Balaban J connectivity index is 2.66. The summed E-state index contributed by atoms with van der Waals surface area (Å²) in [6.07, 6.45) is 0. The van der Waals surface area contributed by atoms with Gasteiger partial charge in [0, 0.05) is 24.1 Å². The van der Waals surface area contributed by atoms with Crippen LogP contribution in [0.1, 0.15) is 6.92 Å². The van der Waals surface area contributed by atoms with Crippen LogP contribution in [-0.2, 0) is 14.9 Å². The lowest BCUT2D eigenvalue weighted by molar-refractivity contribution is -0.114. The summed E-state index contributed by atoms with van der Waals surface area (Å²) in [5, 5.41) is 13.1. The minimum Gasteiger partial charge on any atom is -0.507 e. The molecule has 2 rings (SSSR count). The highest BCUT2D eigenvalue weighted by atomic mass is 32.2. The van der Waals surface area contributed by atoms with E-state index in [0.29, 0.717) is 16.5 Å². The van der Waals surface area contributed by atoms with Crippen molar-refractivity contribution < 1.29 is 22.9 Å². The third kappa shape index (κ3) is 2.83. The van der Waals surface area contributed by atoms with Crippen LogP contribution in [0, 0.1) is 0 Å². The van der Waals surface area contributed by atoms with Crippen molar-refractivity contribution in [1.29, 1.82) is 0 Å². The number of amides is 1. The second-order valence-electron chi connectivity index (χ2n) is 4.03. The Kier molecular flexibility index (Phi) is 3.17. The van der Waals surface area contributed by atoms with Crippen molar-refractivity contribution in [3.63, 3.8) is 0 Å². The van der Waals surface area contributed by atoms with E-state index in [9.17, 15) is 18.3 Å². The van der Waals surface area contributed by atoms with Crippen LogP contribution in [0.5, 0.6) is 5.75 Å². The number of aromatic hydroxyl groups is 1. The molecule has 6 nitrogen and oxygen atoms in total. The number of phenols is 1. The Bertz CT molecular complexity index is 767. The molecule has 7 heteroatoms. The van der Waals surface area contributed by atoms with Crippen molar-refractivity contribution in [2.24, 2.45) is 0 Å². The van der Waals surface area contributed by atoms with Crippen LogP contribution in [0.25, 0.3) is 10.8 Å². The molecule has 0 heterocycles. The van der Waals surface area contributed by atoms with Gasteiger partial charge < -0.3 is 10.4 Å². The summed E-state index contributed by atoms with van der Waals surface area (Å²) >= 11 is 0. The van der Waals surface area contributed by atoms with E-state index in [1.807, 2.05) is 0 Å². The van der Waals surface area contributed by atoms with Crippen LogP contribution in [0.15, 0.2) is 35.2 Å². The summed E-state index contributed by atoms with van der Waals surface area (Å²) in [5.74, 6) is -0.409. The summed E-state index contributed by atoms with van der Waals surface area (Å²) in [4.78, 5) is 10.7. The lowest BCUT2D eigenvalue weighted by Crippen LogP contribution is -2.05. The molecule has 0 spiro atoms. The lowest BCUT2D eigenvalue weighted by Gasteiger charge is -2.07. The second kappa shape index (κ2) is 4.52. The van der Waals surface area contributed by atoms with Gasteiger partial charge in [-0.1, -0.05) is 0 Å². The quantitative estimate of drug-likeness (QED) is 0.727. The normalized spacial score (nSPS) is 11.5. The maximum absolute atomic E-state index is 11.0. The molecule has 0 saturated carbocycles. The van der Waals surface area contributed by atoms with Gasteiger partial charge in [-0.2, -0.15) is 8.42 Å². The minimum absolute atomic E-state index is 0.0943. The molecule has 2 aromatic rings. The van der Waals surface area contributed by atoms with E-state index >= 15 is 0 Å². The molecular weight excluding hydrogens is 270 g/mol. The number of fused-ring (bicyclic) bond motifs is 1. The number of rotatable bonds is 2. The zero-order chi connectivity index (χ0) is 14.2. The second-order valence-corrected chi connectivity index (χ2v) is 5.46. The van der Waals surface area contributed by atoms with Crippen molar-refractivity contribution in [2.45, 2.75) is 11.8 Å². The highest BCUT2D eigenvalue weighted by molar-refractivity contribution is 7.85. The molecule has 2 aromatic carbocycles. The van der Waals surface area contributed by atoms with Crippen LogP contribution < -0.4 is 5.32 Å². The molecule has 0 fully saturated rings. The van der Waals surface area contributed by atoms with Crippen LogP contribution in [0.2, 0.25) is 0 Å². The maximum Gasteiger partial charge on any atom is 0.294 e. The third-order valence-corrected chi connectivity index (χ3v) is 3.37. The summed E-state index contributed by atoms with van der Waals surface area (Å²) in [5.41, 5.74) is 0.338. The standard InChI is InChI=1S/C12H11NO5S/c1-7(14)13-9-4-8-5-10(19(16,17)18)2-3-11(8)12(15)6-9/h2-6,15H,1H3,(H,13,14)(H,16,17,18). The first-order valence-electron chi connectivity index (χ1n) is 5.29. The average molecular weight is 281 g/mol. The first kappa shape index (κ1) is 13.3. The minimum atomic E-state index is -4.31. The molecule has 0 radical (unpaired) electrons. The topological polar surface area (TPSA) is 104 Å². The van der Waals surface area contributed by atoms with E-state index in [2.05, 4.69) is 5.32 Å². The number of hydrogen-bond donors (Lipinski definition) is 3. The highest BCUT2D eigenvalue weighted by Crippen LogP contribution is 2.30. The van der Waals surface area contributed by atoms with Crippen molar-refractivity contribution in [3.8, 4) is 5.75 Å². The fraction of sp³-hybridized carbons (Fsp3) is 0.0833. The predicted octanol–water partition coefficient (Wildman–Crippen LogP) is 1.75. The van der Waals surface area contributed by atoms with E-state index < -0.39 is 10.1 Å². The van der Waals surface area contributed by atoms with Crippen molar-refractivity contribution in [2.75, 3.05) is 5.32 Å². The molecule has 0 aliphatic heterocycles. The van der Waals surface area contributed by atoms with Gasteiger partial charge in [0.2, 0.25) is 5.91 Å². The molecular formula is C12H11NO5S. The van der Waals surface area contributed by atoms with E-state index in [4.69, 9.17) is 4.55 Å². The summed E-state index contributed by atoms with van der Waals surface area (Å²) in [6.45, 7) is 1.32. The summed E-state index contributed by atoms with van der Waals surface area (Å²) in [6, 6.07) is 6.65. The van der Waals surface area contributed by atoms with Gasteiger partial charge in [0.25, 0.3) is 10.1 Å². The number of phenolic OH excluding ortho intramolecular Hbond substituents is 1. The fourth-order valence-corrected chi connectivity index (χ4v) is 2.28. The predicted molar refractivity (Wildman–Crippen MR) is 69.7 cm³/mol. The van der Waals surface area contributed by atoms with Gasteiger partial charge in [-0.25, -0.2) is 0 Å². The number of benzene rings is 2. The Hall–Kier alpha value is -2.12. The number of hydrogen-bond acceptors (Lipinski definition) is 4. The number of carbonyl (C=O) groups is 1. The first-order valence-corrected chi connectivity index (χ1v) is 6.73. The van der Waals surface area contributed by atoms with Crippen LogP contribution >= 0.6 is 0 Å². The fourth-order valence-electron chi connectivity index (χ4n) is 1.76. The van der Waals surface area contributed by atoms with E-state index in [-0.39, 0.29) is 16.6 Å². The molecule has 3 N–H and O–H groups in total. The molecule has 0 aliphatic carbocycles. The zero-order valence-electron chi connectivity index (χ0n) is 9.91. The summed E-state index contributed by atoms with van der Waals surface area (Å²) < 4.78 is 31.1. The SMILES string of the molecule is CC(=O)Nc1cc(O)c2ccc(S(=O)(=O)O)cc2c1.